The molecule has 1 aliphatic heterocycles. The average Bonchev–Trinajstić information content (AvgIpc) is 2.46. The Labute approximate surface area is 124 Å². The highest BCUT2D eigenvalue weighted by Crippen LogP contribution is 2.25. The molecule has 7 nitrogen and oxygen atoms in total. The van der Waals surface area contributed by atoms with Gasteiger partial charge in [-0.15, -0.1) is 0 Å². The van der Waals surface area contributed by atoms with E-state index in [0.29, 0.717) is 26.2 Å². The first-order chi connectivity index (χ1) is 9.79. The second kappa shape index (κ2) is 6.08. The Morgan fingerprint density at radius 3 is 2.38 bits per heavy atom. The smallest absolute Gasteiger partial charge is 0.269 e. The number of hydrogen-bond acceptors (Lipinski definition) is 5. The van der Waals surface area contributed by atoms with Gasteiger partial charge in [-0.2, -0.15) is 4.31 Å². The lowest BCUT2D eigenvalue weighted by molar-refractivity contribution is -0.385. The topological polar surface area (TPSA) is 83.8 Å². The van der Waals surface area contributed by atoms with E-state index in [0.717, 1.165) is 5.56 Å². The SMILES string of the molecule is CC(c1cccc([N+](=O)[O-])c1)N1CCN(S(C)(=O)=O)CC1. The van der Waals surface area contributed by atoms with Crippen LogP contribution in [0.25, 0.3) is 0 Å². The molecule has 1 unspecified atom stereocenters. The van der Waals surface area contributed by atoms with Crippen LogP contribution in [0.3, 0.4) is 0 Å². The molecule has 116 valence electrons. The summed E-state index contributed by atoms with van der Waals surface area (Å²) >= 11 is 0. The van der Waals surface area contributed by atoms with Crippen molar-refractivity contribution in [3.63, 3.8) is 0 Å². The molecule has 0 saturated carbocycles. The van der Waals surface area contributed by atoms with Crippen molar-refractivity contribution in [1.82, 2.24) is 9.21 Å². The minimum Gasteiger partial charge on any atom is -0.294 e. The molecule has 8 heteroatoms. The minimum absolute atomic E-state index is 0.0200. The molecule has 0 N–H and O–H groups in total. The summed E-state index contributed by atoms with van der Waals surface area (Å²) in [7, 11) is -3.14. The zero-order valence-corrected chi connectivity index (χ0v) is 12.9. The summed E-state index contributed by atoms with van der Waals surface area (Å²) < 4.78 is 24.4. The molecule has 2 rings (SSSR count). The van der Waals surface area contributed by atoms with Crippen LogP contribution in [0.15, 0.2) is 24.3 Å². The molecule has 0 amide bonds. The number of nitro benzene ring substituents is 1. The zero-order chi connectivity index (χ0) is 15.6. The van der Waals surface area contributed by atoms with Gasteiger partial charge in [-0.1, -0.05) is 12.1 Å². The van der Waals surface area contributed by atoms with Crippen LogP contribution in [0.2, 0.25) is 0 Å². The van der Waals surface area contributed by atoms with Crippen molar-refractivity contribution in [2.24, 2.45) is 0 Å². The van der Waals surface area contributed by atoms with Gasteiger partial charge in [0, 0.05) is 44.4 Å². The molecule has 1 atom stereocenters. The van der Waals surface area contributed by atoms with Crippen LogP contribution >= 0.6 is 0 Å². The van der Waals surface area contributed by atoms with Crippen molar-refractivity contribution in [1.29, 1.82) is 0 Å². The summed E-state index contributed by atoms with van der Waals surface area (Å²) in [5.74, 6) is 0. The van der Waals surface area contributed by atoms with E-state index in [4.69, 9.17) is 0 Å². The van der Waals surface area contributed by atoms with Crippen LogP contribution in [0, 0.1) is 10.1 Å². The van der Waals surface area contributed by atoms with Crippen molar-refractivity contribution in [3.05, 3.63) is 39.9 Å². The normalized spacial score (nSPS) is 19.3. The summed E-state index contributed by atoms with van der Waals surface area (Å²) in [4.78, 5) is 12.6. The fourth-order valence-corrected chi connectivity index (χ4v) is 3.36. The third-order valence-corrected chi connectivity index (χ3v) is 5.16. The van der Waals surface area contributed by atoms with Gasteiger partial charge in [0.1, 0.15) is 0 Å². The van der Waals surface area contributed by atoms with Gasteiger partial charge < -0.3 is 0 Å². The fraction of sp³-hybridized carbons (Fsp3) is 0.538. The molecule has 0 radical (unpaired) electrons. The molecule has 1 aromatic rings. The van der Waals surface area contributed by atoms with E-state index in [-0.39, 0.29) is 11.7 Å². The van der Waals surface area contributed by atoms with Crippen LogP contribution in [-0.2, 0) is 10.0 Å². The monoisotopic (exact) mass is 313 g/mol. The molecule has 21 heavy (non-hydrogen) atoms. The summed E-state index contributed by atoms with van der Waals surface area (Å²) in [6.45, 7) is 4.14. The molecule has 0 bridgehead atoms. The van der Waals surface area contributed by atoms with Crippen molar-refractivity contribution in [2.75, 3.05) is 32.4 Å². The Hall–Kier alpha value is -1.51. The van der Waals surface area contributed by atoms with Gasteiger partial charge in [-0.3, -0.25) is 15.0 Å². The van der Waals surface area contributed by atoms with Crippen LogP contribution in [-0.4, -0.2) is 55.0 Å². The predicted octanol–water partition coefficient (Wildman–Crippen LogP) is 1.23. The Morgan fingerprint density at radius 2 is 1.86 bits per heavy atom. The van der Waals surface area contributed by atoms with Crippen molar-refractivity contribution in [3.8, 4) is 0 Å². The Bertz CT molecular complexity index is 624. The summed E-state index contributed by atoms with van der Waals surface area (Å²) in [6, 6.07) is 6.61. The number of hydrogen-bond donors (Lipinski definition) is 0. The Balaban J connectivity index is 2.07. The second-order valence-corrected chi connectivity index (χ2v) is 7.21. The maximum atomic E-state index is 11.5. The third-order valence-electron chi connectivity index (χ3n) is 3.85. The third kappa shape index (κ3) is 3.78. The van der Waals surface area contributed by atoms with Crippen LogP contribution in [0.5, 0.6) is 0 Å². The number of nitro groups is 1. The van der Waals surface area contributed by atoms with E-state index in [2.05, 4.69) is 4.90 Å². The Morgan fingerprint density at radius 1 is 1.24 bits per heavy atom. The lowest BCUT2D eigenvalue weighted by atomic mass is 10.1. The number of rotatable bonds is 4. The van der Waals surface area contributed by atoms with Crippen molar-refractivity contribution < 1.29 is 13.3 Å². The molecular weight excluding hydrogens is 294 g/mol. The van der Waals surface area contributed by atoms with Gasteiger partial charge in [0.2, 0.25) is 10.0 Å². The first-order valence-electron chi connectivity index (χ1n) is 6.72. The number of piperazine rings is 1. The van der Waals surface area contributed by atoms with Gasteiger partial charge in [0.05, 0.1) is 11.2 Å². The molecule has 0 aromatic heterocycles. The van der Waals surface area contributed by atoms with Gasteiger partial charge in [-0.05, 0) is 12.5 Å². The maximum Gasteiger partial charge on any atom is 0.269 e. The van der Waals surface area contributed by atoms with Crippen molar-refractivity contribution >= 4 is 15.7 Å². The Kier molecular flexibility index (Phi) is 4.60. The van der Waals surface area contributed by atoms with E-state index in [1.165, 1.54) is 16.6 Å². The summed E-state index contributed by atoms with van der Waals surface area (Å²) in [6.07, 6.45) is 1.21. The number of sulfonamides is 1. The quantitative estimate of drug-likeness (QED) is 0.617. The molecular formula is C13H19N3O4S. The second-order valence-electron chi connectivity index (χ2n) is 5.23. The molecule has 1 saturated heterocycles. The zero-order valence-electron chi connectivity index (χ0n) is 12.1. The average molecular weight is 313 g/mol. The maximum absolute atomic E-state index is 11.5. The molecule has 0 aliphatic carbocycles. The highest BCUT2D eigenvalue weighted by molar-refractivity contribution is 7.88. The molecule has 1 aromatic carbocycles. The van der Waals surface area contributed by atoms with E-state index in [9.17, 15) is 18.5 Å². The lowest BCUT2D eigenvalue weighted by Crippen LogP contribution is -2.48. The molecule has 1 aliphatic rings. The highest BCUT2D eigenvalue weighted by Gasteiger charge is 2.26. The van der Waals surface area contributed by atoms with Crippen LogP contribution in [0.1, 0.15) is 18.5 Å². The van der Waals surface area contributed by atoms with Gasteiger partial charge >= 0.3 is 0 Å². The fourth-order valence-electron chi connectivity index (χ4n) is 2.53. The van der Waals surface area contributed by atoms with E-state index in [1.807, 2.05) is 13.0 Å². The van der Waals surface area contributed by atoms with Crippen LogP contribution in [0.4, 0.5) is 5.69 Å². The summed E-state index contributed by atoms with van der Waals surface area (Å²) in [5, 5.41) is 10.8. The van der Waals surface area contributed by atoms with Gasteiger partial charge in [0.25, 0.3) is 5.69 Å². The largest absolute Gasteiger partial charge is 0.294 e. The van der Waals surface area contributed by atoms with Gasteiger partial charge in [0.15, 0.2) is 0 Å². The van der Waals surface area contributed by atoms with Crippen LogP contribution < -0.4 is 0 Å². The number of benzene rings is 1. The highest BCUT2D eigenvalue weighted by atomic mass is 32.2. The standard InChI is InChI=1S/C13H19N3O4S/c1-11(12-4-3-5-13(10-12)16(17)18)14-6-8-15(9-7-14)21(2,19)20/h3-5,10-11H,6-9H2,1-2H3. The molecule has 0 spiro atoms. The molecule has 1 heterocycles. The van der Waals surface area contributed by atoms with E-state index in [1.54, 1.807) is 12.1 Å². The first-order valence-corrected chi connectivity index (χ1v) is 8.57. The predicted molar refractivity (Wildman–Crippen MR) is 79.5 cm³/mol. The number of nitrogens with zero attached hydrogens (tertiary/aromatic N) is 3. The summed E-state index contributed by atoms with van der Waals surface area (Å²) in [5.41, 5.74) is 0.950. The number of non-ortho nitro benzene ring substituents is 1. The van der Waals surface area contributed by atoms with Gasteiger partial charge in [-0.25, -0.2) is 8.42 Å². The molecule has 1 fully saturated rings. The van der Waals surface area contributed by atoms with E-state index < -0.39 is 14.9 Å². The first kappa shape index (κ1) is 15.9. The van der Waals surface area contributed by atoms with E-state index >= 15 is 0 Å². The lowest BCUT2D eigenvalue weighted by Gasteiger charge is -2.37. The van der Waals surface area contributed by atoms with Crippen molar-refractivity contribution in [2.45, 2.75) is 13.0 Å². The minimum atomic E-state index is -3.14.